The molecule has 0 fully saturated rings. The molecule has 5 nitrogen and oxygen atoms in total. The van der Waals surface area contributed by atoms with Crippen molar-refractivity contribution >= 4 is 17.1 Å². The molecule has 0 saturated heterocycles. The summed E-state index contributed by atoms with van der Waals surface area (Å²) >= 11 is 0. The number of nitrogens with zero attached hydrogens (tertiary/aromatic N) is 3. The maximum atomic E-state index is 5.88. The SMILES string of the molecule is C=CC1=C(C)C2=CC3=C(/C=C/N)C(C)C(=CC4=NC(=CC5=NC(=CC1=N2)C(C)=C5CCC)C(CCC)=C4C)N3. The molecule has 200 valence electrons. The summed E-state index contributed by atoms with van der Waals surface area (Å²) in [6.45, 7) is 17.2. The molecule has 5 aliphatic heterocycles. The van der Waals surface area contributed by atoms with Crippen molar-refractivity contribution in [2.24, 2.45) is 26.6 Å². The van der Waals surface area contributed by atoms with Crippen molar-refractivity contribution in [3.8, 4) is 0 Å². The van der Waals surface area contributed by atoms with Gasteiger partial charge in [0.15, 0.2) is 0 Å². The Kier molecular flexibility index (Phi) is 7.26. The Bertz CT molecular complexity index is 1530. The van der Waals surface area contributed by atoms with Crippen molar-refractivity contribution < 1.29 is 0 Å². The van der Waals surface area contributed by atoms with Crippen LogP contribution in [0.4, 0.5) is 0 Å². The van der Waals surface area contributed by atoms with Gasteiger partial charge in [0.05, 0.1) is 34.2 Å². The normalized spacial score (nSPS) is 22.7. The molecule has 0 radical (unpaired) electrons. The van der Waals surface area contributed by atoms with Crippen molar-refractivity contribution in [1.29, 1.82) is 0 Å². The second-order valence-electron chi connectivity index (χ2n) is 10.7. The van der Waals surface area contributed by atoms with E-state index >= 15 is 0 Å². The molecule has 0 aromatic heterocycles. The van der Waals surface area contributed by atoms with Crippen molar-refractivity contribution in [2.75, 3.05) is 0 Å². The quantitative estimate of drug-likeness (QED) is 0.381. The third-order valence-electron chi connectivity index (χ3n) is 8.20. The Hall–Kier alpha value is -3.99. The molecule has 0 spiro atoms. The molecule has 8 bridgehead atoms. The standard InChI is InChI=1S/C34H39N5/c1-8-11-24-20(5)27-15-28-22(7)26(13-14-35)32(37-28)17-29-19(4)23(10-3)31(36-29)16-30-21(6)25(12-9-2)34(39-30)18-33(24)38-27/h10,13-18,22,37H,3,8-9,11-12,35H2,1-2,4-7H3/b14-13+,28-15?,29-17?,30-16?,33-18?. The minimum atomic E-state index is 0.141. The second-order valence-corrected chi connectivity index (χ2v) is 10.7. The maximum Gasteiger partial charge on any atom is 0.0734 e. The lowest BCUT2D eigenvalue weighted by molar-refractivity contribution is 0.819. The van der Waals surface area contributed by atoms with Crippen molar-refractivity contribution in [3.05, 3.63) is 117 Å². The van der Waals surface area contributed by atoms with Gasteiger partial charge in [0.25, 0.3) is 0 Å². The molecule has 0 aliphatic carbocycles. The van der Waals surface area contributed by atoms with Crippen LogP contribution in [-0.4, -0.2) is 17.1 Å². The third-order valence-corrected chi connectivity index (χ3v) is 8.20. The minimum Gasteiger partial charge on any atom is -0.405 e. The maximum absolute atomic E-state index is 5.88. The first-order valence-corrected chi connectivity index (χ1v) is 14.1. The molecule has 1 unspecified atom stereocenters. The Morgan fingerprint density at radius 3 is 2.15 bits per heavy atom. The molecule has 5 heteroatoms. The zero-order chi connectivity index (χ0) is 27.8. The number of nitrogens with one attached hydrogen (secondary N) is 1. The predicted molar refractivity (Wildman–Crippen MR) is 165 cm³/mol. The number of fused-ring (bicyclic) bond motifs is 5. The first-order valence-electron chi connectivity index (χ1n) is 14.1. The first-order chi connectivity index (χ1) is 18.8. The molecule has 0 aromatic carbocycles. The molecular weight excluding hydrogens is 478 g/mol. The van der Waals surface area contributed by atoms with Gasteiger partial charge in [-0.2, -0.15) is 0 Å². The largest absolute Gasteiger partial charge is 0.405 e. The van der Waals surface area contributed by atoms with E-state index < -0.39 is 0 Å². The van der Waals surface area contributed by atoms with Gasteiger partial charge in [0.2, 0.25) is 0 Å². The second kappa shape index (κ2) is 10.6. The number of rotatable bonds is 6. The number of hydrogen-bond donors (Lipinski definition) is 2. The van der Waals surface area contributed by atoms with E-state index in [9.17, 15) is 0 Å². The van der Waals surface area contributed by atoms with Gasteiger partial charge in [0, 0.05) is 22.9 Å². The highest BCUT2D eigenvalue weighted by Crippen LogP contribution is 2.38. The van der Waals surface area contributed by atoms with Crippen molar-refractivity contribution in [1.82, 2.24) is 5.32 Å². The smallest absolute Gasteiger partial charge is 0.0734 e. The minimum absolute atomic E-state index is 0.141. The Labute approximate surface area is 232 Å². The number of allylic oxidation sites excluding steroid dienone is 13. The highest BCUT2D eigenvalue weighted by Gasteiger charge is 2.29. The first kappa shape index (κ1) is 26.6. The molecule has 5 aliphatic rings. The van der Waals surface area contributed by atoms with Crippen LogP contribution in [0.25, 0.3) is 0 Å². The van der Waals surface area contributed by atoms with Crippen LogP contribution >= 0.6 is 0 Å². The lowest BCUT2D eigenvalue weighted by Gasteiger charge is -2.08. The van der Waals surface area contributed by atoms with Gasteiger partial charge in [0.1, 0.15) is 0 Å². The summed E-state index contributed by atoms with van der Waals surface area (Å²) in [6.07, 6.45) is 18.2. The van der Waals surface area contributed by atoms with Gasteiger partial charge in [-0.3, -0.25) is 0 Å². The molecule has 3 N–H and O–H groups in total. The van der Waals surface area contributed by atoms with E-state index in [0.717, 1.165) is 88.0 Å². The Morgan fingerprint density at radius 1 is 0.821 bits per heavy atom. The number of hydrogen-bond acceptors (Lipinski definition) is 5. The molecule has 5 rings (SSSR count). The van der Waals surface area contributed by atoms with E-state index in [1.165, 1.54) is 22.3 Å². The summed E-state index contributed by atoms with van der Waals surface area (Å²) in [5.74, 6) is 0.141. The highest BCUT2D eigenvalue weighted by molar-refractivity contribution is 6.18. The van der Waals surface area contributed by atoms with Gasteiger partial charge in [-0.05, 0) is 104 Å². The fourth-order valence-corrected chi connectivity index (χ4v) is 5.92. The van der Waals surface area contributed by atoms with E-state index in [1.54, 1.807) is 6.20 Å². The van der Waals surface area contributed by atoms with E-state index in [2.05, 4.69) is 77.7 Å². The van der Waals surface area contributed by atoms with Crippen molar-refractivity contribution in [2.45, 2.75) is 67.2 Å². The Balaban J connectivity index is 1.79. The zero-order valence-electron chi connectivity index (χ0n) is 24.1. The number of nitrogens with two attached hydrogens (primary N) is 1. The molecule has 5 heterocycles. The average Bonchev–Trinajstić information content (AvgIpc) is 3.56. The van der Waals surface area contributed by atoms with E-state index in [1.807, 2.05) is 12.2 Å². The van der Waals surface area contributed by atoms with E-state index in [0.29, 0.717) is 0 Å². The topological polar surface area (TPSA) is 75.1 Å². The fraction of sp³-hybridized carbons (Fsp3) is 0.324. The molecule has 0 aromatic rings. The lowest BCUT2D eigenvalue weighted by atomic mass is 9.95. The van der Waals surface area contributed by atoms with Crippen LogP contribution in [0.3, 0.4) is 0 Å². The zero-order valence-corrected chi connectivity index (χ0v) is 24.1. The summed E-state index contributed by atoms with van der Waals surface area (Å²) < 4.78 is 0. The number of aliphatic imine (C=N–C) groups is 3. The Morgan fingerprint density at radius 2 is 1.46 bits per heavy atom. The van der Waals surface area contributed by atoms with Gasteiger partial charge in [-0.15, -0.1) is 0 Å². The van der Waals surface area contributed by atoms with Crippen LogP contribution in [0.1, 0.15) is 67.2 Å². The van der Waals surface area contributed by atoms with E-state index in [4.69, 9.17) is 20.7 Å². The summed E-state index contributed by atoms with van der Waals surface area (Å²) in [4.78, 5) is 15.4. The highest BCUT2D eigenvalue weighted by atomic mass is 15.0. The van der Waals surface area contributed by atoms with Crippen LogP contribution in [-0.2, 0) is 0 Å². The van der Waals surface area contributed by atoms with Crippen LogP contribution in [0.2, 0.25) is 0 Å². The molecular formula is C34H39N5. The van der Waals surface area contributed by atoms with Crippen LogP contribution in [0.5, 0.6) is 0 Å². The van der Waals surface area contributed by atoms with Crippen LogP contribution < -0.4 is 11.1 Å². The summed E-state index contributed by atoms with van der Waals surface area (Å²) in [7, 11) is 0. The predicted octanol–water partition coefficient (Wildman–Crippen LogP) is 7.60. The summed E-state index contributed by atoms with van der Waals surface area (Å²) in [5, 5.41) is 3.67. The summed E-state index contributed by atoms with van der Waals surface area (Å²) in [6, 6.07) is 0. The van der Waals surface area contributed by atoms with Crippen LogP contribution in [0.15, 0.2) is 132 Å². The van der Waals surface area contributed by atoms with Gasteiger partial charge >= 0.3 is 0 Å². The third kappa shape index (κ3) is 4.60. The van der Waals surface area contributed by atoms with Gasteiger partial charge < -0.3 is 11.1 Å². The summed E-state index contributed by atoms with van der Waals surface area (Å²) in [5.41, 5.74) is 22.1. The van der Waals surface area contributed by atoms with Crippen LogP contribution in [0, 0.1) is 5.92 Å². The average molecular weight is 518 g/mol. The molecule has 39 heavy (non-hydrogen) atoms. The molecule has 0 amide bonds. The van der Waals surface area contributed by atoms with E-state index in [-0.39, 0.29) is 5.92 Å². The van der Waals surface area contributed by atoms with Crippen molar-refractivity contribution in [3.63, 3.8) is 0 Å². The monoisotopic (exact) mass is 517 g/mol. The fourth-order valence-electron chi connectivity index (χ4n) is 5.92. The molecule has 1 atom stereocenters. The van der Waals surface area contributed by atoms with Gasteiger partial charge in [-0.25, -0.2) is 15.0 Å². The van der Waals surface area contributed by atoms with Gasteiger partial charge in [-0.1, -0.05) is 46.3 Å². The lowest BCUT2D eigenvalue weighted by Crippen LogP contribution is -2.10. The molecule has 0 saturated carbocycles.